The Labute approximate surface area is 304 Å². The minimum absolute atomic E-state index is 0.0265. The zero-order valence-corrected chi connectivity index (χ0v) is 33.6. The van der Waals surface area contributed by atoms with Gasteiger partial charge in [-0.15, -0.1) is 0 Å². The Hall–Kier alpha value is -0.790. The van der Waals surface area contributed by atoms with Crippen molar-refractivity contribution in [1.29, 1.82) is 0 Å². The van der Waals surface area contributed by atoms with Crippen LogP contribution in [-0.2, 0) is 9.53 Å². The third kappa shape index (κ3) is 43.2. The highest BCUT2D eigenvalue weighted by Crippen LogP contribution is 2.17. The van der Waals surface area contributed by atoms with Gasteiger partial charge in [-0.1, -0.05) is 232 Å². The summed E-state index contributed by atoms with van der Waals surface area (Å²) in [7, 11) is 0. The summed E-state index contributed by atoms with van der Waals surface area (Å²) in [6.45, 7) is 7.59. The second-order valence-electron chi connectivity index (χ2n) is 15.9. The van der Waals surface area contributed by atoms with Gasteiger partial charge in [0.2, 0.25) is 0 Å². The van der Waals surface area contributed by atoms with Gasteiger partial charge in [-0.2, -0.15) is 0 Å². The number of hydrogen-bond acceptors (Lipinski definition) is 2. The Balaban J connectivity index is 3.16. The third-order valence-electron chi connectivity index (χ3n) is 10.3. The van der Waals surface area contributed by atoms with Crippen molar-refractivity contribution in [3.63, 3.8) is 0 Å². The van der Waals surface area contributed by atoms with Crippen molar-refractivity contribution in [3.05, 3.63) is 12.2 Å². The lowest BCUT2D eigenvalue weighted by Gasteiger charge is -2.06. The molecule has 0 fully saturated rings. The van der Waals surface area contributed by atoms with Crippen LogP contribution >= 0.6 is 0 Å². The van der Waals surface area contributed by atoms with Crippen molar-refractivity contribution in [2.24, 2.45) is 5.92 Å². The number of hydrogen-bond donors (Lipinski definition) is 0. The fourth-order valence-electron chi connectivity index (χ4n) is 6.97. The molecule has 0 aliphatic rings. The molecule has 0 bridgehead atoms. The first kappa shape index (κ1) is 47.2. The summed E-state index contributed by atoms with van der Waals surface area (Å²) in [6, 6.07) is 0. The van der Waals surface area contributed by atoms with E-state index in [9.17, 15) is 4.79 Å². The van der Waals surface area contributed by atoms with Crippen molar-refractivity contribution in [1.82, 2.24) is 0 Å². The summed E-state index contributed by atoms with van der Waals surface area (Å²) in [5.41, 5.74) is 0. The van der Waals surface area contributed by atoms with Crippen LogP contribution in [0.4, 0.5) is 0 Å². The number of carbonyl (C=O) groups excluding carboxylic acids is 1. The number of rotatable bonds is 41. The zero-order valence-electron chi connectivity index (χ0n) is 33.6. The topological polar surface area (TPSA) is 26.3 Å². The van der Waals surface area contributed by atoms with Crippen LogP contribution < -0.4 is 0 Å². The minimum atomic E-state index is 0.0265. The number of ether oxygens (including phenoxy) is 1. The molecule has 0 aliphatic carbocycles. The highest BCUT2D eigenvalue weighted by molar-refractivity contribution is 5.69. The first-order valence-electron chi connectivity index (χ1n) is 22.5. The molecular weight excluding hydrogens is 585 g/mol. The summed E-state index contributed by atoms with van der Waals surface area (Å²) < 4.78 is 5.48. The Bertz CT molecular complexity index is 624. The molecule has 0 saturated carbocycles. The molecule has 0 rings (SSSR count). The Morgan fingerprint density at radius 1 is 0.417 bits per heavy atom. The molecule has 0 radical (unpaired) electrons. The maximum Gasteiger partial charge on any atom is 0.305 e. The first-order chi connectivity index (χ1) is 23.7. The number of unbranched alkanes of at least 4 members (excludes halogenated alkanes) is 33. The van der Waals surface area contributed by atoms with Crippen LogP contribution in [0.25, 0.3) is 0 Å². The van der Waals surface area contributed by atoms with Gasteiger partial charge in [0.15, 0.2) is 0 Å². The van der Waals surface area contributed by atoms with Gasteiger partial charge in [0.25, 0.3) is 0 Å². The molecule has 2 heteroatoms. The average Bonchev–Trinajstić information content (AvgIpc) is 3.08. The number of esters is 1. The van der Waals surface area contributed by atoms with Gasteiger partial charge in [0.1, 0.15) is 0 Å². The summed E-state index contributed by atoms with van der Waals surface area (Å²) in [4.78, 5) is 12.0. The summed E-state index contributed by atoms with van der Waals surface area (Å²) in [6.07, 6.45) is 56.0. The van der Waals surface area contributed by atoms with Crippen LogP contribution in [-0.4, -0.2) is 12.6 Å². The molecule has 0 saturated heterocycles. The second-order valence-corrected chi connectivity index (χ2v) is 15.9. The van der Waals surface area contributed by atoms with E-state index in [1.165, 1.54) is 225 Å². The Morgan fingerprint density at radius 3 is 1.10 bits per heavy atom. The summed E-state index contributed by atoms with van der Waals surface area (Å²) in [5.74, 6) is 0.910. The number of allylic oxidation sites excluding steroid dienone is 2. The van der Waals surface area contributed by atoms with Crippen LogP contribution in [0.1, 0.15) is 265 Å². The predicted molar refractivity (Wildman–Crippen MR) is 216 cm³/mol. The summed E-state index contributed by atoms with van der Waals surface area (Å²) >= 11 is 0. The lowest BCUT2D eigenvalue weighted by molar-refractivity contribution is -0.143. The molecule has 0 N–H and O–H groups in total. The Morgan fingerprint density at radius 2 is 0.729 bits per heavy atom. The van der Waals surface area contributed by atoms with E-state index in [0.717, 1.165) is 18.8 Å². The van der Waals surface area contributed by atoms with Gasteiger partial charge >= 0.3 is 5.97 Å². The standard InChI is InChI=1S/C46H90O2/c1-4-5-6-7-8-9-10-11-12-18-22-25-28-31-34-37-40-43-46(47)48-44-41-38-35-32-29-26-23-20-17-15-13-14-16-19-21-24-27-30-33-36-39-42-45(2)3/h9-10,45H,4-8,11-44H2,1-3H3. The molecule has 0 aromatic rings. The first-order valence-corrected chi connectivity index (χ1v) is 22.5. The normalized spacial score (nSPS) is 11.8. The van der Waals surface area contributed by atoms with Gasteiger partial charge in [0.05, 0.1) is 6.61 Å². The van der Waals surface area contributed by atoms with E-state index in [1.807, 2.05) is 0 Å². The van der Waals surface area contributed by atoms with Gasteiger partial charge in [-0.25, -0.2) is 0 Å². The monoisotopic (exact) mass is 675 g/mol. The van der Waals surface area contributed by atoms with E-state index in [2.05, 4.69) is 32.9 Å². The van der Waals surface area contributed by atoms with E-state index in [1.54, 1.807) is 0 Å². The molecular formula is C46H90O2. The smallest absolute Gasteiger partial charge is 0.305 e. The lowest BCUT2D eigenvalue weighted by atomic mass is 10.0. The lowest BCUT2D eigenvalue weighted by Crippen LogP contribution is -2.05. The molecule has 0 heterocycles. The Kier molecular flexibility index (Phi) is 41.7. The molecule has 286 valence electrons. The molecule has 0 unspecified atom stereocenters. The van der Waals surface area contributed by atoms with Crippen molar-refractivity contribution in [2.45, 2.75) is 265 Å². The van der Waals surface area contributed by atoms with Gasteiger partial charge < -0.3 is 4.74 Å². The minimum Gasteiger partial charge on any atom is -0.466 e. The van der Waals surface area contributed by atoms with E-state index < -0.39 is 0 Å². The second kappa shape index (κ2) is 42.4. The predicted octanol–water partition coefficient (Wildman–Crippen LogP) is 16.6. The van der Waals surface area contributed by atoms with Crippen LogP contribution in [0.5, 0.6) is 0 Å². The number of carbonyl (C=O) groups is 1. The molecule has 0 aromatic heterocycles. The van der Waals surface area contributed by atoms with E-state index in [0.29, 0.717) is 13.0 Å². The largest absolute Gasteiger partial charge is 0.466 e. The molecule has 0 amide bonds. The average molecular weight is 675 g/mol. The summed E-state index contributed by atoms with van der Waals surface area (Å²) in [5, 5.41) is 0. The van der Waals surface area contributed by atoms with E-state index in [-0.39, 0.29) is 5.97 Å². The molecule has 0 aliphatic heterocycles. The zero-order chi connectivity index (χ0) is 34.9. The van der Waals surface area contributed by atoms with Crippen molar-refractivity contribution >= 4 is 5.97 Å². The van der Waals surface area contributed by atoms with Crippen molar-refractivity contribution < 1.29 is 9.53 Å². The maximum absolute atomic E-state index is 12.0. The fourth-order valence-corrected chi connectivity index (χ4v) is 6.97. The van der Waals surface area contributed by atoms with Crippen molar-refractivity contribution in [3.8, 4) is 0 Å². The molecule has 0 spiro atoms. The molecule has 2 nitrogen and oxygen atoms in total. The van der Waals surface area contributed by atoms with Gasteiger partial charge in [-0.3, -0.25) is 4.79 Å². The molecule has 0 aromatic carbocycles. The van der Waals surface area contributed by atoms with Crippen molar-refractivity contribution in [2.75, 3.05) is 6.61 Å². The third-order valence-corrected chi connectivity index (χ3v) is 10.3. The highest BCUT2D eigenvalue weighted by atomic mass is 16.5. The van der Waals surface area contributed by atoms with Gasteiger partial charge in [0, 0.05) is 6.42 Å². The SMILES string of the molecule is CCCCCCC=CCCCCCCCCCCCC(=O)OCCCCCCCCCCCCCCCCCCCCCCCC(C)C. The maximum atomic E-state index is 12.0. The fraction of sp³-hybridized carbons (Fsp3) is 0.935. The van der Waals surface area contributed by atoms with Crippen LogP contribution in [0.15, 0.2) is 12.2 Å². The molecule has 48 heavy (non-hydrogen) atoms. The van der Waals surface area contributed by atoms with E-state index in [4.69, 9.17) is 4.74 Å². The van der Waals surface area contributed by atoms with Crippen LogP contribution in [0, 0.1) is 5.92 Å². The highest BCUT2D eigenvalue weighted by Gasteiger charge is 2.03. The molecule has 0 atom stereocenters. The van der Waals surface area contributed by atoms with Gasteiger partial charge in [-0.05, 0) is 44.4 Å². The quantitative estimate of drug-likeness (QED) is 0.0366. The van der Waals surface area contributed by atoms with Crippen LogP contribution in [0.3, 0.4) is 0 Å². The van der Waals surface area contributed by atoms with E-state index >= 15 is 0 Å². The van der Waals surface area contributed by atoms with Crippen LogP contribution in [0.2, 0.25) is 0 Å².